The number of carbonyl (C=O) groups excluding carboxylic acids is 1. The van der Waals surface area contributed by atoms with Crippen LogP contribution in [-0.2, 0) is 16.0 Å². The minimum Gasteiger partial charge on any atom is -0.468 e. The molecule has 1 aromatic carbocycles. The van der Waals surface area contributed by atoms with Gasteiger partial charge in [0.15, 0.2) is 0 Å². The molecule has 3 heteroatoms. The molecule has 80 valence electrons. The Balaban J connectivity index is 2.12. The van der Waals surface area contributed by atoms with Gasteiger partial charge in [0.1, 0.15) is 5.54 Å². The average molecular weight is 205 g/mol. The van der Waals surface area contributed by atoms with Crippen LogP contribution in [0.2, 0.25) is 0 Å². The van der Waals surface area contributed by atoms with Gasteiger partial charge >= 0.3 is 5.97 Å². The lowest BCUT2D eigenvalue weighted by Gasteiger charge is -2.40. The zero-order valence-corrected chi connectivity index (χ0v) is 8.82. The summed E-state index contributed by atoms with van der Waals surface area (Å²) in [5.74, 6) is -0.155. The third kappa shape index (κ3) is 1.88. The van der Waals surface area contributed by atoms with E-state index >= 15 is 0 Å². The highest BCUT2D eigenvalue weighted by Gasteiger charge is 2.44. The Morgan fingerprint density at radius 3 is 2.60 bits per heavy atom. The van der Waals surface area contributed by atoms with Crippen molar-refractivity contribution in [2.75, 3.05) is 13.7 Å². The van der Waals surface area contributed by atoms with Crippen LogP contribution in [0.25, 0.3) is 0 Å². The van der Waals surface area contributed by atoms with Gasteiger partial charge in [0.25, 0.3) is 0 Å². The van der Waals surface area contributed by atoms with E-state index < -0.39 is 5.54 Å². The lowest BCUT2D eigenvalue weighted by Crippen LogP contribution is -2.64. The van der Waals surface area contributed by atoms with Crippen molar-refractivity contribution < 1.29 is 9.53 Å². The topological polar surface area (TPSA) is 38.3 Å². The molecule has 1 atom stereocenters. The molecule has 1 heterocycles. The number of carbonyl (C=O) groups is 1. The molecule has 0 spiro atoms. The summed E-state index contributed by atoms with van der Waals surface area (Å²) in [5.41, 5.74) is 0.686. The number of methoxy groups -OCH3 is 1. The lowest BCUT2D eigenvalue weighted by atomic mass is 9.82. The summed E-state index contributed by atoms with van der Waals surface area (Å²) >= 11 is 0. The van der Waals surface area contributed by atoms with Crippen molar-refractivity contribution in [2.45, 2.75) is 18.4 Å². The molecule has 1 fully saturated rings. The molecule has 0 amide bonds. The molecule has 1 unspecified atom stereocenters. The van der Waals surface area contributed by atoms with Crippen molar-refractivity contribution in [3.05, 3.63) is 35.9 Å². The van der Waals surface area contributed by atoms with E-state index in [1.165, 1.54) is 7.11 Å². The third-order valence-corrected chi connectivity index (χ3v) is 2.94. The number of benzene rings is 1. The van der Waals surface area contributed by atoms with Crippen LogP contribution in [0.15, 0.2) is 30.3 Å². The quantitative estimate of drug-likeness (QED) is 0.752. The van der Waals surface area contributed by atoms with Crippen LogP contribution in [0.5, 0.6) is 0 Å². The summed E-state index contributed by atoms with van der Waals surface area (Å²) in [6.45, 7) is 0.891. The van der Waals surface area contributed by atoms with Crippen molar-refractivity contribution in [3.63, 3.8) is 0 Å². The molecule has 0 aliphatic carbocycles. The molecular weight excluding hydrogens is 190 g/mol. The fourth-order valence-electron chi connectivity index (χ4n) is 1.96. The predicted octanol–water partition coefficient (Wildman–Crippen LogP) is 1.13. The number of rotatable bonds is 3. The Kier molecular flexibility index (Phi) is 2.73. The zero-order chi connectivity index (χ0) is 10.7. The SMILES string of the molecule is COC(=O)C1(Cc2ccccc2)CCN1. The zero-order valence-electron chi connectivity index (χ0n) is 8.82. The molecule has 0 radical (unpaired) electrons. The van der Waals surface area contributed by atoms with E-state index in [0.717, 1.165) is 18.5 Å². The first kappa shape index (κ1) is 10.2. The maximum Gasteiger partial charge on any atom is 0.326 e. The summed E-state index contributed by atoms with van der Waals surface area (Å²) in [6, 6.07) is 10.0. The normalized spacial score (nSPS) is 24.3. The Hall–Kier alpha value is -1.35. The second kappa shape index (κ2) is 4.03. The Labute approximate surface area is 89.4 Å². The Morgan fingerprint density at radius 2 is 2.13 bits per heavy atom. The van der Waals surface area contributed by atoms with Crippen molar-refractivity contribution in [2.24, 2.45) is 0 Å². The van der Waals surface area contributed by atoms with Crippen molar-refractivity contribution in [3.8, 4) is 0 Å². The van der Waals surface area contributed by atoms with Gasteiger partial charge in [-0.25, -0.2) is 0 Å². The van der Waals surface area contributed by atoms with Gasteiger partial charge in [-0.3, -0.25) is 4.79 Å². The average Bonchev–Trinajstić information content (AvgIpc) is 2.24. The molecule has 0 aromatic heterocycles. The van der Waals surface area contributed by atoms with Gasteiger partial charge in [-0.15, -0.1) is 0 Å². The molecule has 1 N–H and O–H groups in total. The highest BCUT2D eigenvalue weighted by Crippen LogP contribution is 2.25. The minimum absolute atomic E-state index is 0.155. The van der Waals surface area contributed by atoms with E-state index in [0.29, 0.717) is 6.42 Å². The highest BCUT2D eigenvalue weighted by molar-refractivity contribution is 5.82. The van der Waals surface area contributed by atoms with E-state index in [-0.39, 0.29) is 5.97 Å². The second-order valence-electron chi connectivity index (χ2n) is 3.91. The first-order chi connectivity index (χ1) is 7.27. The molecule has 1 aromatic rings. The largest absolute Gasteiger partial charge is 0.468 e. The lowest BCUT2D eigenvalue weighted by molar-refractivity contribution is -0.152. The van der Waals surface area contributed by atoms with E-state index in [9.17, 15) is 4.79 Å². The van der Waals surface area contributed by atoms with Crippen molar-refractivity contribution in [1.82, 2.24) is 5.32 Å². The maximum atomic E-state index is 11.6. The molecule has 1 saturated heterocycles. The maximum absolute atomic E-state index is 11.6. The van der Waals surface area contributed by atoms with E-state index in [1.54, 1.807) is 0 Å². The highest BCUT2D eigenvalue weighted by atomic mass is 16.5. The van der Waals surface area contributed by atoms with Crippen molar-refractivity contribution in [1.29, 1.82) is 0 Å². The van der Waals surface area contributed by atoms with Crippen LogP contribution >= 0.6 is 0 Å². The molecule has 1 aliphatic rings. The summed E-state index contributed by atoms with van der Waals surface area (Å²) < 4.78 is 4.83. The number of ether oxygens (including phenoxy) is 1. The number of hydrogen-bond acceptors (Lipinski definition) is 3. The first-order valence-electron chi connectivity index (χ1n) is 5.14. The molecule has 0 saturated carbocycles. The Morgan fingerprint density at radius 1 is 1.47 bits per heavy atom. The summed E-state index contributed by atoms with van der Waals surface area (Å²) in [5, 5.41) is 3.18. The summed E-state index contributed by atoms with van der Waals surface area (Å²) in [4.78, 5) is 11.6. The molecule has 15 heavy (non-hydrogen) atoms. The van der Waals surface area contributed by atoms with Gasteiger partial charge in [-0.05, 0) is 18.5 Å². The summed E-state index contributed by atoms with van der Waals surface area (Å²) in [7, 11) is 1.44. The van der Waals surface area contributed by atoms with Crippen LogP contribution in [0.4, 0.5) is 0 Å². The van der Waals surface area contributed by atoms with E-state index in [4.69, 9.17) is 4.74 Å². The number of hydrogen-bond donors (Lipinski definition) is 1. The monoisotopic (exact) mass is 205 g/mol. The smallest absolute Gasteiger partial charge is 0.326 e. The van der Waals surface area contributed by atoms with E-state index in [2.05, 4.69) is 5.32 Å². The molecule has 0 bridgehead atoms. The van der Waals surface area contributed by atoms with Crippen LogP contribution in [0, 0.1) is 0 Å². The van der Waals surface area contributed by atoms with Crippen molar-refractivity contribution >= 4 is 5.97 Å². The van der Waals surface area contributed by atoms with Gasteiger partial charge in [0.2, 0.25) is 0 Å². The van der Waals surface area contributed by atoms with Gasteiger partial charge in [0, 0.05) is 6.42 Å². The Bertz CT molecular complexity index is 344. The molecule has 3 nitrogen and oxygen atoms in total. The third-order valence-electron chi connectivity index (χ3n) is 2.94. The van der Waals surface area contributed by atoms with Crippen LogP contribution < -0.4 is 5.32 Å². The molecular formula is C12H15NO2. The van der Waals surface area contributed by atoms with Gasteiger partial charge in [0.05, 0.1) is 7.11 Å². The van der Waals surface area contributed by atoms with Gasteiger partial charge in [-0.2, -0.15) is 0 Å². The number of nitrogens with one attached hydrogen (secondary N) is 1. The second-order valence-corrected chi connectivity index (χ2v) is 3.91. The standard InChI is InChI=1S/C12H15NO2/c1-15-11(14)12(7-8-13-12)9-10-5-3-2-4-6-10/h2-6,13H,7-9H2,1H3. The van der Waals surface area contributed by atoms with E-state index in [1.807, 2.05) is 30.3 Å². The fraction of sp³-hybridized carbons (Fsp3) is 0.417. The van der Waals surface area contributed by atoms with Crippen LogP contribution in [0.3, 0.4) is 0 Å². The van der Waals surface area contributed by atoms with Gasteiger partial charge < -0.3 is 10.1 Å². The molecule has 2 rings (SSSR count). The molecule has 1 aliphatic heterocycles. The van der Waals surface area contributed by atoms with Crippen LogP contribution in [-0.4, -0.2) is 25.2 Å². The summed E-state index contributed by atoms with van der Waals surface area (Å²) in [6.07, 6.45) is 1.56. The van der Waals surface area contributed by atoms with Crippen LogP contribution in [0.1, 0.15) is 12.0 Å². The minimum atomic E-state index is -0.476. The fourth-order valence-corrected chi connectivity index (χ4v) is 1.96. The first-order valence-corrected chi connectivity index (χ1v) is 5.14. The van der Waals surface area contributed by atoms with Gasteiger partial charge in [-0.1, -0.05) is 30.3 Å². The number of esters is 1. The predicted molar refractivity (Wildman–Crippen MR) is 57.5 cm³/mol.